The molecule has 3 heterocycles. The average molecular weight is 276 g/mol. The first kappa shape index (κ1) is 13.8. The number of rotatable bonds is 4. The van der Waals surface area contributed by atoms with Crippen LogP contribution in [0.5, 0.6) is 5.88 Å². The molecule has 2 saturated heterocycles. The third-order valence-corrected chi connectivity index (χ3v) is 4.54. The molecule has 0 aromatic carbocycles. The third kappa shape index (κ3) is 3.30. The monoisotopic (exact) mass is 276 g/mol. The molecule has 1 aromatic heterocycles. The number of methoxy groups -OCH3 is 1. The lowest BCUT2D eigenvalue weighted by atomic mass is 9.89. The Labute approximate surface area is 121 Å². The molecule has 0 aliphatic carbocycles. The van der Waals surface area contributed by atoms with Crippen LogP contribution in [0, 0.1) is 5.92 Å². The molecule has 4 heteroatoms. The van der Waals surface area contributed by atoms with E-state index in [0.717, 1.165) is 19.1 Å². The van der Waals surface area contributed by atoms with Gasteiger partial charge in [0.2, 0.25) is 5.88 Å². The fourth-order valence-corrected chi connectivity index (χ4v) is 3.38. The lowest BCUT2D eigenvalue weighted by Crippen LogP contribution is -2.37. The maximum atomic E-state index is 5.83. The van der Waals surface area contributed by atoms with Gasteiger partial charge in [0, 0.05) is 25.4 Å². The van der Waals surface area contributed by atoms with E-state index in [1.165, 1.54) is 44.3 Å². The number of ether oxygens (including phenoxy) is 2. The smallest absolute Gasteiger partial charge is 0.213 e. The Kier molecular flexibility index (Phi) is 4.53. The summed E-state index contributed by atoms with van der Waals surface area (Å²) in [5.74, 6) is 1.48. The highest BCUT2D eigenvalue weighted by molar-refractivity contribution is 5.20. The number of aromatic nitrogens is 1. The second-order valence-electron chi connectivity index (χ2n) is 5.87. The molecule has 2 aliphatic rings. The van der Waals surface area contributed by atoms with Crippen LogP contribution in [-0.4, -0.2) is 42.8 Å². The topological polar surface area (TPSA) is 34.6 Å². The summed E-state index contributed by atoms with van der Waals surface area (Å²) in [6, 6.07) is 4.11. The molecule has 1 atom stereocenters. The highest BCUT2D eigenvalue weighted by atomic mass is 16.5. The molecule has 2 fully saturated rings. The lowest BCUT2D eigenvalue weighted by molar-refractivity contribution is 0.0304. The van der Waals surface area contributed by atoms with Crippen LogP contribution < -0.4 is 4.74 Å². The number of nitrogens with zero attached hydrogens (tertiary/aromatic N) is 2. The van der Waals surface area contributed by atoms with Gasteiger partial charge in [0.1, 0.15) is 0 Å². The van der Waals surface area contributed by atoms with E-state index < -0.39 is 0 Å². The molecule has 1 aromatic rings. The van der Waals surface area contributed by atoms with E-state index in [2.05, 4.69) is 16.0 Å². The Morgan fingerprint density at radius 2 is 2.20 bits per heavy atom. The van der Waals surface area contributed by atoms with Gasteiger partial charge in [0.05, 0.1) is 13.2 Å². The molecule has 0 saturated carbocycles. The SMILES string of the molecule is COc1cc(CN2CCC(C3CCCO3)CC2)ccn1. The van der Waals surface area contributed by atoms with Crippen molar-refractivity contribution in [3.63, 3.8) is 0 Å². The van der Waals surface area contributed by atoms with Gasteiger partial charge in [-0.1, -0.05) is 0 Å². The zero-order valence-corrected chi connectivity index (χ0v) is 12.3. The molecule has 110 valence electrons. The molecule has 20 heavy (non-hydrogen) atoms. The van der Waals surface area contributed by atoms with Gasteiger partial charge in [-0.25, -0.2) is 4.98 Å². The molecular formula is C16H24N2O2. The van der Waals surface area contributed by atoms with Gasteiger partial charge in [0.25, 0.3) is 0 Å². The summed E-state index contributed by atoms with van der Waals surface area (Å²) in [6.07, 6.45) is 7.43. The second-order valence-corrected chi connectivity index (χ2v) is 5.87. The predicted molar refractivity (Wildman–Crippen MR) is 77.8 cm³/mol. The van der Waals surface area contributed by atoms with Crippen LogP contribution in [-0.2, 0) is 11.3 Å². The largest absolute Gasteiger partial charge is 0.481 e. The van der Waals surface area contributed by atoms with Crippen LogP contribution in [0.3, 0.4) is 0 Å². The molecule has 0 N–H and O–H groups in total. The first-order valence-electron chi connectivity index (χ1n) is 7.68. The summed E-state index contributed by atoms with van der Waals surface area (Å²) >= 11 is 0. The average Bonchev–Trinajstić information content (AvgIpc) is 3.02. The summed E-state index contributed by atoms with van der Waals surface area (Å²) in [4.78, 5) is 6.69. The van der Waals surface area contributed by atoms with E-state index in [0.29, 0.717) is 12.0 Å². The summed E-state index contributed by atoms with van der Waals surface area (Å²) in [5, 5.41) is 0. The molecule has 3 rings (SSSR count). The van der Waals surface area contributed by atoms with Gasteiger partial charge in [-0.05, 0) is 56.3 Å². The molecule has 0 radical (unpaired) electrons. The van der Waals surface area contributed by atoms with Gasteiger partial charge < -0.3 is 9.47 Å². The lowest BCUT2D eigenvalue weighted by Gasteiger charge is -2.34. The van der Waals surface area contributed by atoms with Crippen molar-refractivity contribution < 1.29 is 9.47 Å². The molecular weight excluding hydrogens is 252 g/mol. The van der Waals surface area contributed by atoms with Crippen LogP contribution in [0.1, 0.15) is 31.2 Å². The van der Waals surface area contributed by atoms with Gasteiger partial charge in [-0.15, -0.1) is 0 Å². The minimum Gasteiger partial charge on any atom is -0.481 e. The fraction of sp³-hybridized carbons (Fsp3) is 0.688. The Balaban J connectivity index is 1.50. The highest BCUT2D eigenvalue weighted by Crippen LogP contribution is 2.29. The summed E-state index contributed by atoms with van der Waals surface area (Å²) in [6.45, 7) is 4.32. The van der Waals surface area contributed by atoms with Gasteiger partial charge in [0.15, 0.2) is 0 Å². The number of piperidine rings is 1. The fourth-order valence-electron chi connectivity index (χ4n) is 3.38. The molecule has 2 aliphatic heterocycles. The van der Waals surface area contributed by atoms with Crippen molar-refractivity contribution in [1.82, 2.24) is 9.88 Å². The van der Waals surface area contributed by atoms with E-state index in [1.807, 2.05) is 12.3 Å². The van der Waals surface area contributed by atoms with E-state index in [1.54, 1.807) is 7.11 Å². The van der Waals surface area contributed by atoms with Crippen LogP contribution in [0.25, 0.3) is 0 Å². The van der Waals surface area contributed by atoms with Crippen molar-refractivity contribution in [1.29, 1.82) is 0 Å². The first-order valence-corrected chi connectivity index (χ1v) is 7.68. The van der Waals surface area contributed by atoms with Gasteiger partial charge >= 0.3 is 0 Å². The van der Waals surface area contributed by atoms with Gasteiger partial charge in [-0.2, -0.15) is 0 Å². The number of hydrogen-bond acceptors (Lipinski definition) is 4. The summed E-state index contributed by atoms with van der Waals surface area (Å²) in [7, 11) is 1.67. The van der Waals surface area contributed by atoms with E-state index >= 15 is 0 Å². The Morgan fingerprint density at radius 1 is 1.35 bits per heavy atom. The van der Waals surface area contributed by atoms with Crippen LogP contribution in [0.15, 0.2) is 18.3 Å². The van der Waals surface area contributed by atoms with Crippen LogP contribution >= 0.6 is 0 Å². The van der Waals surface area contributed by atoms with Crippen LogP contribution in [0.4, 0.5) is 0 Å². The van der Waals surface area contributed by atoms with Crippen molar-refractivity contribution in [3.05, 3.63) is 23.9 Å². The second kappa shape index (κ2) is 6.55. The number of hydrogen-bond donors (Lipinski definition) is 0. The zero-order valence-electron chi connectivity index (χ0n) is 12.3. The summed E-state index contributed by atoms with van der Waals surface area (Å²) in [5.41, 5.74) is 1.28. The number of pyridine rings is 1. The zero-order chi connectivity index (χ0) is 13.8. The quantitative estimate of drug-likeness (QED) is 0.846. The molecule has 0 spiro atoms. The Morgan fingerprint density at radius 3 is 2.90 bits per heavy atom. The van der Waals surface area contributed by atoms with E-state index in [-0.39, 0.29) is 0 Å². The highest BCUT2D eigenvalue weighted by Gasteiger charge is 2.29. The minimum atomic E-state index is 0.540. The third-order valence-electron chi connectivity index (χ3n) is 4.54. The van der Waals surface area contributed by atoms with E-state index in [4.69, 9.17) is 9.47 Å². The normalized spacial score (nSPS) is 24.9. The van der Waals surface area contributed by atoms with E-state index in [9.17, 15) is 0 Å². The van der Waals surface area contributed by atoms with Crippen molar-refractivity contribution in [2.75, 3.05) is 26.8 Å². The van der Waals surface area contributed by atoms with Crippen molar-refractivity contribution in [3.8, 4) is 5.88 Å². The van der Waals surface area contributed by atoms with Gasteiger partial charge in [-0.3, -0.25) is 4.90 Å². The standard InChI is InChI=1S/C16H24N2O2/c1-19-16-11-13(4-7-17-16)12-18-8-5-14(6-9-18)15-3-2-10-20-15/h4,7,11,14-15H,2-3,5-6,8-10,12H2,1H3. The predicted octanol–water partition coefficient (Wildman–Crippen LogP) is 2.48. The molecule has 0 amide bonds. The molecule has 0 bridgehead atoms. The van der Waals surface area contributed by atoms with Crippen molar-refractivity contribution >= 4 is 0 Å². The minimum absolute atomic E-state index is 0.540. The number of likely N-dealkylation sites (tertiary alicyclic amines) is 1. The maximum Gasteiger partial charge on any atom is 0.213 e. The first-order chi connectivity index (χ1) is 9.85. The van der Waals surface area contributed by atoms with Crippen molar-refractivity contribution in [2.24, 2.45) is 5.92 Å². The Hall–Kier alpha value is -1.13. The molecule has 1 unspecified atom stereocenters. The Bertz CT molecular complexity index is 424. The summed E-state index contributed by atoms with van der Waals surface area (Å²) < 4.78 is 11.0. The molecule has 4 nitrogen and oxygen atoms in total. The maximum absolute atomic E-state index is 5.83. The van der Waals surface area contributed by atoms with Crippen LogP contribution in [0.2, 0.25) is 0 Å². The van der Waals surface area contributed by atoms with Crippen molar-refractivity contribution in [2.45, 2.75) is 38.3 Å².